The van der Waals surface area contributed by atoms with E-state index in [1.165, 1.54) is 32.1 Å². The number of hydrogen-bond acceptors (Lipinski definition) is 4. The summed E-state index contributed by atoms with van der Waals surface area (Å²) in [7, 11) is -3.58. The zero-order valence-corrected chi connectivity index (χ0v) is 18.1. The van der Waals surface area contributed by atoms with Gasteiger partial charge in [0, 0.05) is 24.9 Å². The number of hydrogen-bond donors (Lipinski definition) is 2. The molecule has 1 aromatic heterocycles. The van der Waals surface area contributed by atoms with E-state index in [9.17, 15) is 13.2 Å². The van der Waals surface area contributed by atoms with Gasteiger partial charge in [-0.3, -0.25) is 9.78 Å². The average molecular weight is 430 g/mol. The first kappa shape index (κ1) is 21.2. The van der Waals surface area contributed by atoms with Crippen molar-refractivity contribution in [1.29, 1.82) is 0 Å². The van der Waals surface area contributed by atoms with Crippen molar-refractivity contribution in [2.45, 2.75) is 51.4 Å². The number of allylic oxidation sites excluding steroid dienone is 3. The summed E-state index contributed by atoms with van der Waals surface area (Å²) in [6, 6.07) is 5.59. The molecular weight excluding hydrogens is 398 g/mol. The Balaban J connectivity index is 1.37. The first-order chi connectivity index (χ1) is 14.4. The Hall–Kier alpha value is -1.99. The number of nitrogens with two attached hydrogens (primary N) is 1. The molecule has 0 radical (unpaired) electrons. The number of carbonyl (C=O) groups is 1. The highest BCUT2D eigenvalue weighted by molar-refractivity contribution is 7.93. The molecule has 2 fully saturated rings. The van der Waals surface area contributed by atoms with Crippen molar-refractivity contribution < 1.29 is 13.2 Å². The minimum atomic E-state index is -3.58. The van der Waals surface area contributed by atoms with E-state index in [4.69, 9.17) is 5.73 Å². The maximum atomic E-state index is 12.7. The molecule has 3 aliphatic carbocycles. The quantitative estimate of drug-likeness (QED) is 0.663. The standard InChI is InChI=1S/C23H31N3O3S/c24-22(27)23(16-21(23)17-6-2-1-3-7-17)18-9-11-20(12-10-18)30(28,29)26-15-13-19-8-4-5-14-25-19/h4-5,8-9,11-12,14,17-18,21,26H,1-3,6-7,10,13,15-16H2,(H2,24,27)/t18?,21-,23-/m0/s1. The number of primary amides is 1. The maximum Gasteiger partial charge on any atom is 0.240 e. The Bertz CT molecular complexity index is 936. The van der Waals surface area contributed by atoms with Gasteiger partial charge in [-0.15, -0.1) is 0 Å². The lowest BCUT2D eigenvalue weighted by Gasteiger charge is -2.29. The number of sulfonamides is 1. The van der Waals surface area contributed by atoms with Crippen molar-refractivity contribution in [3.8, 4) is 0 Å². The van der Waals surface area contributed by atoms with Gasteiger partial charge < -0.3 is 5.73 Å². The van der Waals surface area contributed by atoms with E-state index in [-0.39, 0.29) is 16.7 Å². The SMILES string of the molecule is NC(=O)[C@]1(C2C=CC(S(=O)(=O)NCCc3ccccn3)=CC2)C[C@H]1C1CCCCC1. The van der Waals surface area contributed by atoms with Crippen LogP contribution in [0.15, 0.2) is 47.5 Å². The Kier molecular flexibility index (Phi) is 6.11. The predicted octanol–water partition coefficient (Wildman–Crippen LogP) is 3.08. The first-order valence-corrected chi connectivity index (χ1v) is 12.5. The van der Waals surface area contributed by atoms with Crippen LogP contribution < -0.4 is 10.5 Å². The molecule has 4 rings (SSSR count). The molecule has 1 heterocycles. The van der Waals surface area contributed by atoms with Gasteiger partial charge in [-0.1, -0.05) is 50.3 Å². The molecule has 162 valence electrons. The molecule has 3 N–H and O–H groups in total. The molecule has 0 bridgehead atoms. The van der Waals surface area contributed by atoms with Crippen LogP contribution in [0.1, 0.15) is 50.6 Å². The van der Waals surface area contributed by atoms with Crippen LogP contribution in [0, 0.1) is 23.2 Å². The molecule has 1 aromatic rings. The second-order valence-electron chi connectivity index (χ2n) is 8.89. The van der Waals surface area contributed by atoms with Crippen LogP contribution in [0.5, 0.6) is 0 Å². The minimum absolute atomic E-state index is 0.00519. The summed E-state index contributed by atoms with van der Waals surface area (Å²) >= 11 is 0. The maximum absolute atomic E-state index is 12.7. The van der Waals surface area contributed by atoms with Crippen LogP contribution in [0.4, 0.5) is 0 Å². The molecule has 0 spiro atoms. The average Bonchev–Trinajstić information content (AvgIpc) is 3.53. The van der Waals surface area contributed by atoms with Crippen LogP contribution in [0.2, 0.25) is 0 Å². The van der Waals surface area contributed by atoms with Gasteiger partial charge in [0.2, 0.25) is 15.9 Å². The number of pyridine rings is 1. The number of aromatic nitrogens is 1. The molecule has 3 atom stereocenters. The molecule has 30 heavy (non-hydrogen) atoms. The zero-order chi connectivity index (χ0) is 21.2. The van der Waals surface area contributed by atoms with E-state index >= 15 is 0 Å². The summed E-state index contributed by atoms with van der Waals surface area (Å²) in [4.78, 5) is 16.9. The fourth-order valence-corrected chi connectivity index (χ4v) is 6.56. The van der Waals surface area contributed by atoms with Gasteiger partial charge in [0.25, 0.3) is 0 Å². The van der Waals surface area contributed by atoms with Gasteiger partial charge in [-0.25, -0.2) is 13.1 Å². The molecule has 1 unspecified atom stereocenters. The van der Waals surface area contributed by atoms with Gasteiger partial charge >= 0.3 is 0 Å². The van der Waals surface area contributed by atoms with Gasteiger partial charge in [0.05, 0.1) is 10.3 Å². The highest BCUT2D eigenvalue weighted by atomic mass is 32.2. The highest BCUT2D eigenvalue weighted by Crippen LogP contribution is 2.64. The molecule has 1 amide bonds. The summed E-state index contributed by atoms with van der Waals surface area (Å²) in [6.45, 7) is 0.295. The van der Waals surface area contributed by atoms with Gasteiger partial charge in [0.1, 0.15) is 0 Å². The molecule has 7 heteroatoms. The number of rotatable bonds is 8. The minimum Gasteiger partial charge on any atom is -0.369 e. The van der Waals surface area contributed by atoms with Crippen LogP contribution in [0.3, 0.4) is 0 Å². The Morgan fingerprint density at radius 3 is 2.67 bits per heavy atom. The number of nitrogens with one attached hydrogen (secondary N) is 1. The monoisotopic (exact) mass is 429 g/mol. The third-order valence-electron chi connectivity index (χ3n) is 7.17. The number of nitrogens with zero attached hydrogens (tertiary/aromatic N) is 1. The fourth-order valence-electron chi connectivity index (χ4n) is 5.45. The van der Waals surface area contributed by atoms with Crippen molar-refractivity contribution >= 4 is 15.9 Å². The molecular formula is C23H31N3O3S. The summed E-state index contributed by atoms with van der Waals surface area (Å²) < 4.78 is 28.0. The summed E-state index contributed by atoms with van der Waals surface area (Å²) in [5, 5.41) is 0. The number of amides is 1. The van der Waals surface area contributed by atoms with Crippen molar-refractivity contribution in [1.82, 2.24) is 9.71 Å². The van der Waals surface area contributed by atoms with Crippen molar-refractivity contribution in [2.75, 3.05) is 6.54 Å². The smallest absolute Gasteiger partial charge is 0.240 e. The number of carbonyl (C=O) groups excluding carboxylic acids is 1. The normalized spacial score (nSPS) is 29.4. The summed E-state index contributed by atoms with van der Waals surface area (Å²) in [6.07, 6.45) is 15.1. The molecule has 6 nitrogen and oxygen atoms in total. The first-order valence-electron chi connectivity index (χ1n) is 11.0. The van der Waals surface area contributed by atoms with Crippen LogP contribution in [-0.4, -0.2) is 25.9 Å². The van der Waals surface area contributed by atoms with Gasteiger partial charge in [0.15, 0.2) is 0 Å². The van der Waals surface area contributed by atoms with Gasteiger partial charge in [-0.2, -0.15) is 0 Å². The predicted molar refractivity (Wildman–Crippen MR) is 117 cm³/mol. The van der Waals surface area contributed by atoms with Crippen molar-refractivity contribution in [3.05, 3.63) is 53.2 Å². The molecule has 0 aromatic carbocycles. The van der Waals surface area contributed by atoms with Crippen LogP contribution in [-0.2, 0) is 21.2 Å². The van der Waals surface area contributed by atoms with E-state index in [0.717, 1.165) is 12.1 Å². The second-order valence-corrected chi connectivity index (χ2v) is 10.7. The third kappa shape index (κ3) is 4.23. The molecule has 0 saturated heterocycles. The van der Waals surface area contributed by atoms with E-state index in [1.807, 2.05) is 24.3 Å². The Labute approximate surface area is 179 Å². The second kappa shape index (κ2) is 8.63. The third-order valence-corrected chi connectivity index (χ3v) is 8.68. The van der Waals surface area contributed by atoms with E-state index in [0.29, 0.717) is 31.2 Å². The lowest BCUT2D eigenvalue weighted by Crippen LogP contribution is -2.35. The van der Waals surface area contributed by atoms with E-state index in [1.54, 1.807) is 18.3 Å². The van der Waals surface area contributed by atoms with E-state index in [2.05, 4.69) is 9.71 Å². The van der Waals surface area contributed by atoms with Crippen molar-refractivity contribution in [3.63, 3.8) is 0 Å². The van der Waals surface area contributed by atoms with Crippen LogP contribution >= 0.6 is 0 Å². The summed E-state index contributed by atoms with van der Waals surface area (Å²) in [5.41, 5.74) is 6.23. The van der Waals surface area contributed by atoms with Crippen LogP contribution in [0.25, 0.3) is 0 Å². The van der Waals surface area contributed by atoms with Crippen molar-refractivity contribution in [2.24, 2.45) is 28.9 Å². The summed E-state index contributed by atoms with van der Waals surface area (Å²) in [5.74, 6) is 0.713. The topological polar surface area (TPSA) is 102 Å². The largest absolute Gasteiger partial charge is 0.369 e. The molecule has 3 aliphatic rings. The fraction of sp³-hybridized carbons (Fsp3) is 0.565. The Morgan fingerprint density at radius 1 is 1.23 bits per heavy atom. The molecule has 0 aliphatic heterocycles. The zero-order valence-electron chi connectivity index (χ0n) is 17.3. The van der Waals surface area contributed by atoms with E-state index < -0.39 is 15.4 Å². The lowest BCUT2D eigenvalue weighted by atomic mass is 9.76. The Morgan fingerprint density at radius 2 is 2.03 bits per heavy atom. The lowest BCUT2D eigenvalue weighted by molar-refractivity contribution is -0.125. The van der Waals surface area contributed by atoms with Gasteiger partial charge in [-0.05, 0) is 48.8 Å². The highest BCUT2D eigenvalue weighted by Gasteiger charge is 2.64. The molecule has 2 saturated carbocycles.